The minimum atomic E-state index is -4.43. The van der Waals surface area contributed by atoms with E-state index in [0.717, 1.165) is 0 Å². The first-order chi connectivity index (χ1) is 8.88. The van der Waals surface area contributed by atoms with Crippen LogP contribution >= 0.6 is 0 Å². The van der Waals surface area contributed by atoms with Crippen LogP contribution in [-0.4, -0.2) is 36.1 Å². The molecule has 0 aliphatic carbocycles. The second-order valence-electron chi connectivity index (χ2n) is 5.72. The Bertz CT molecular complexity index is 458. The summed E-state index contributed by atoms with van der Waals surface area (Å²) in [5.74, 6) is -2.46. The van der Waals surface area contributed by atoms with Gasteiger partial charge in [0.1, 0.15) is 0 Å². The summed E-state index contributed by atoms with van der Waals surface area (Å²) in [5.41, 5.74) is 4.06. The van der Waals surface area contributed by atoms with Crippen LogP contribution in [0.25, 0.3) is 0 Å². The maximum atomic E-state index is 12.0. The topological polar surface area (TPSA) is 129 Å². The lowest BCUT2D eigenvalue weighted by Gasteiger charge is -2.29. The molecule has 0 bridgehead atoms. The highest BCUT2D eigenvalue weighted by molar-refractivity contribution is 7.85. The van der Waals surface area contributed by atoms with E-state index in [2.05, 4.69) is 5.32 Å². The normalized spacial score (nSPS) is 15.4. The number of primary amides is 1. The fraction of sp³-hybridized carbons (Fsp3) is 0.833. The fourth-order valence-electron chi connectivity index (χ4n) is 1.95. The standard InChI is InChI=1S/C12H24N2O5S/c1-5-9(10(13)15)6-8(2)11(16)14-12(3,4)7-20(17,18)19/h8-9H,5-7H2,1-4H3,(H2,13,15)(H,14,16)(H,17,18,19)/p-1. The Kier molecular flexibility index (Phi) is 6.63. The average Bonchev–Trinajstić information content (AvgIpc) is 2.20. The van der Waals surface area contributed by atoms with Crippen molar-refractivity contribution >= 4 is 21.9 Å². The van der Waals surface area contributed by atoms with Gasteiger partial charge in [-0.05, 0) is 26.7 Å². The molecule has 0 aliphatic heterocycles. The Morgan fingerprint density at radius 1 is 1.35 bits per heavy atom. The summed E-state index contributed by atoms with van der Waals surface area (Å²) in [4.78, 5) is 23.1. The molecular weight excluding hydrogens is 284 g/mol. The fourth-order valence-corrected chi connectivity index (χ4v) is 2.91. The lowest BCUT2D eigenvalue weighted by atomic mass is 9.92. The van der Waals surface area contributed by atoms with Gasteiger partial charge >= 0.3 is 0 Å². The minimum Gasteiger partial charge on any atom is -0.748 e. The second kappa shape index (κ2) is 7.03. The molecule has 0 aromatic rings. The summed E-state index contributed by atoms with van der Waals surface area (Å²) < 4.78 is 32.2. The van der Waals surface area contributed by atoms with Crippen LogP contribution < -0.4 is 11.1 Å². The number of carbonyl (C=O) groups is 2. The van der Waals surface area contributed by atoms with E-state index in [1.807, 2.05) is 0 Å². The molecule has 0 aliphatic rings. The van der Waals surface area contributed by atoms with Gasteiger partial charge in [0.15, 0.2) is 0 Å². The predicted octanol–water partition coefficient (Wildman–Crippen LogP) is -0.0359. The van der Waals surface area contributed by atoms with E-state index < -0.39 is 45.1 Å². The summed E-state index contributed by atoms with van der Waals surface area (Å²) in [6, 6.07) is 0. The molecule has 0 saturated carbocycles. The van der Waals surface area contributed by atoms with Crippen molar-refractivity contribution in [3.63, 3.8) is 0 Å². The molecular formula is C12H23N2O5S-. The van der Waals surface area contributed by atoms with Crippen molar-refractivity contribution in [3.8, 4) is 0 Å². The second-order valence-corrected chi connectivity index (χ2v) is 7.12. The molecule has 2 unspecified atom stereocenters. The SMILES string of the molecule is CCC(CC(C)C(=O)NC(C)(C)CS(=O)(=O)[O-])C(N)=O. The highest BCUT2D eigenvalue weighted by Gasteiger charge is 2.27. The molecule has 0 fully saturated rings. The highest BCUT2D eigenvalue weighted by Crippen LogP contribution is 2.17. The van der Waals surface area contributed by atoms with Gasteiger partial charge in [-0.25, -0.2) is 8.42 Å². The zero-order valence-corrected chi connectivity index (χ0v) is 13.1. The number of hydrogen-bond donors (Lipinski definition) is 2. The van der Waals surface area contributed by atoms with Crippen LogP contribution in [-0.2, 0) is 19.7 Å². The Labute approximate surface area is 120 Å². The number of carbonyl (C=O) groups excluding carboxylic acids is 2. The lowest BCUT2D eigenvalue weighted by molar-refractivity contribution is -0.127. The summed E-state index contributed by atoms with van der Waals surface area (Å²) in [7, 11) is -4.43. The first-order valence-corrected chi connectivity index (χ1v) is 8.00. The predicted molar refractivity (Wildman–Crippen MR) is 73.5 cm³/mol. The quantitative estimate of drug-likeness (QED) is 0.608. The Hall–Kier alpha value is -1.15. The molecule has 2 atom stereocenters. The number of nitrogens with one attached hydrogen (secondary N) is 1. The van der Waals surface area contributed by atoms with Crippen molar-refractivity contribution in [2.75, 3.05) is 5.75 Å². The molecule has 20 heavy (non-hydrogen) atoms. The van der Waals surface area contributed by atoms with Gasteiger partial charge in [0.05, 0.1) is 15.9 Å². The van der Waals surface area contributed by atoms with Crippen molar-refractivity contribution in [1.29, 1.82) is 0 Å². The number of amides is 2. The van der Waals surface area contributed by atoms with Crippen LogP contribution in [0.1, 0.15) is 40.5 Å². The molecule has 2 amide bonds. The third-order valence-corrected chi connectivity index (χ3v) is 4.06. The largest absolute Gasteiger partial charge is 0.748 e. The average molecular weight is 307 g/mol. The molecule has 0 saturated heterocycles. The maximum Gasteiger partial charge on any atom is 0.223 e. The van der Waals surface area contributed by atoms with Crippen molar-refractivity contribution in [2.24, 2.45) is 17.6 Å². The lowest BCUT2D eigenvalue weighted by Crippen LogP contribution is -2.50. The summed E-state index contributed by atoms with van der Waals surface area (Å²) >= 11 is 0. The van der Waals surface area contributed by atoms with E-state index in [0.29, 0.717) is 6.42 Å². The maximum absolute atomic E-state index is 12.0. The van der Waals surface area contributed by atoms with Crippen LogP contribution in [0.3, 0.4) is 0 Å². The molecule has 3 N–H and O–H groups in total. The van der Waals surface area contributed by atoms with Gasteiger partial charge in [-0.2, -0.15) is 0 Å². The Morgan fingerprint density at radius 2 is 1.85 bits per heavy atom. The summed E-state index contributed by atoms with van der Waals surface area (Å²) in [5, 5.41) is 2.51. The number of nitrogens with two attached hydrogens (primary N) is 1. The van der Waals surface area contributed by atoms with Crippen LogP contribution in [0.15, 0.2) is 0 Å². The van der Waals surface area contributed by atoms with E-state index in [9.17, 15) is 22.6 Å². The van der Waals surface area contributed by atoms with Gasteiger partial charge in [0.25, 0.3) is 0 Å². The zero-order valence-electron chi connectivity index (χ0n) is 12.3. The van der Waals surface area contributed by atoms with Gasteiger partial charge in [-0.1, -0.05) is 13.8 Å². The molecule has 7 nitrogen and oxygen atoms in total. The van der Waals surface area contributed by atoms with Crippen molar-refractivity contribution in [3.05, 3.63) is 0 Å². The highest BCUT2D eigenvalue weighted by atomic mass is 32.2. The Morgan fingerprint density at radius 3 is 2.20 bits per heavy atom. The van der Waals surface area contributed by atoms with Crippen molar-refractivity contribution in [1.82, 2.24) is 5.32 Å². The van der Waals surface area contributed by atoms with E-state index >= 15 is 0 Å². The van der Waals surface area contributed by atoms with Crippen molar-refractivity contribution in [2.45, 2.75) is 46.1 Å². The monoisotopic (exact) mass is 307 g/mol. The molecule has 0 aromatic heterocycles. The first-order valence-electron chi connectivity index (χ1n) is 6.43. The van der Waals surface area contributed by atoms with Crippen molar-refractivity contribution < 1.29 is 22.6 Å². The van der Waals surface area contributed by atoms with E-state index in [-0.39, 0.29) is 6.42 Å². The molecule has 0 aromatic carbocycles. The van der Waals surface area contributed by atoms with Crippen LogP contribution in [0.5, 0.6) is 0 Å². The van der Waals surface area contributed by atoms with Gasteiger partial charge in [0.2, 0.25) is 11.8 Å². The molecule has 0 rings (SSSR count). The summed E-state index contributed by atoms with van der Waals surface area (Å²) in [6.07, 6.45) is 0.823. The van der Waals surface area contributed by atoms with E-state index in [1.165, 1.54) is 13.8 Å². The smallest absolute Gasteiger partial charge is 0.223 e. The zero-order chi connectivity index (χ0) is 16.1. The van der Waals surface area contributed by atoms with Gasteiger partial charge in [0, 0.05) is 17.4 Å². The van der Waals surface area contributed by atoms with Crippen LogP contribution in [0, 0.1) is 11.8 Å². The van der Waals surface area contributed by atoms with Gasteiger partial charge in [-0.3, -0.25) is 9.59 Å². The molecule has 8 heteroatoms. The van der Waals surface area contributed by atoms with Crippen LogP contribution in [0.4, 0.5) is 0 Å². The minimum absolute atomic E-state index is 0.290. The Balaban J connectivity index is 4.64. The third-order valence-electron chi connectivity index (χ3n) is 2.98. The number of hydrogen-bond acceptors (Lipinski definition) is 5. The van der Waals surface area contributed by atoms with Gasteiger partial charge < -0.3 is 15.6 Å². The van der Waals surface area contributed by atoms with E-state index in [1.54, 1.807) is 13.8 Å². The molecule has 0 heterocycles. The summed E-state index contributed by atoms with van der Waals surface area (Å²) in [6.45, 7) is 6.34. The third kappa shape index (κ3) is 7.44. The number of rotatable bonds is 8. The molecule has 0 spiro atoms. The molecule has 0 radical (unpaired) electrons. The first kappa shape index (κ1) is 18.9. The van der Waals surface area contributed by atoms with Gasteiger partial charge in [-0.15, -0.1) is 0 Å². The van der Waals surface area contributed by atoms with E-state index in [4.69, 9.17) is 5.73 Å². The molecule has 118 valence electrons. The van der Waals surface area contributed by atoms with Crippen LogP contribution in [0.2, 0.25) is 0 Å².